The van der Waals surface area contributed by atoms with Gasteiger partial charge in [0.05, 0.1) is 11.4 Å². The number of benzene rings is 2. The number of hydrogen-bond donors (Lipinski definition) is 2. The Balaban J connectivity index is 1.65. The van der Waals surface area contributed by atoms with E-state index < -0.39 is 17.9 Å². The highest BCUT2D eigenvalue weighted by Crippen LogP contribution is 2.28. The molecule has 0 amide bonds. The van der Waals surface area contributed by atoms with E-state index in [1.807, 2.05) is 24.3 Å². The Bertz CT molecular complexity index is 1290. The highest BCUT2D eigenvalue weighted by Gasteiger charge is 2.19. The smallest absolute Gasteiger partial charge is 0.353 e. The largest absolute Gasteiger partial charge is 0.481 e. The molecule has 4 aromatic rings. The van der Waals surface area contributed by atoms with Crippen LogP contribution in [0.15, 0.2) is 54.6 Å². The molecule has 2 aromatic heterocycles. The summed E-state index contributed by atoms with van der Waals surface area (Å²) in [5.41, 5.74) is 2.54. The molecule has 2 heterocycles. The average molecular weight is 434 g/mol. The van der Waals surface area contributed by atoms with Crippen LogP contribution in [0.5, 0.6) is 5.75 Å². The lowest BCUT2D eigenvalue weighted by atomic mass is 10.1. The van der Waals surface area contributed by atoms with Gasteiger partial charge in [-0.25, -0.2) is 9.48 Å². The summed E-state index contributed by atoms with van der Waals surface area (Å²) in [6.07, 6.45) is 1.54. The number of carbonyl (C=O) groups excluding carboxylic acids is 1. The fourth-order valence-electron chi connectivity index (χ4n) is 3.06. The predicted octanol–water partition coefficient (Wildman–Crippen LogP) is 3.96. The van der Waals surface area contributed by atoms with E-state index in [1.165, 1.54) is 17.6 Å². The molecule has 1 atom stereocenters. The zero-order chi connectivity index (χ0) is 22.0. The van der Waals surface area contributed by atoms with E-state index in [0.29, 0.717) is 28.1 Å². The molecule has 0 spiro atoms. The predicted molar refractivity (Wildman–Crippen MR) is 117 cm³/mol. The molecule has 2 N–H and O–H groups in total. The van der Waals surface area contributed by atoms with E-state index in [1.54, 1.807) is 41.9 Å². The first-order valence-corrected chi connectivity index (χ1v) is 10.3. The Morgan fingerprint density at radius 1 is 1.23 bits per heavy atom. The summed E-state index contributed by atoms with van der Waals surface area (Å²) >= 11 is 1.21. The van der Waals surface area contributed by atoms with Gasteiger partial charge < -0.3 is 15.3 Å². The van der Waals surface area contributed by atoms with Crippen molar-refractivity contribution < 1.29 is 19.4 Å². The number of hydrogen-bond acceptors (Lipinski definition) is 7. The van der Waals surface area contributed by atoms with E-state index in [9.17, 15) is 9.59 Å². The molecule has 0 radical (unpaired) electrons. The number of nitrogens with one attached hydrogen (secondary N) is 1. The molecule has 31 heavy (non-hydrogen) atoms. The standard InChI is InChI=1S/C22H18N4O4S/c1-13(21(27)28)10-15-7-9-20(31-15)22(29)30-19-8-6-14(12-23)11-18(19)26-17-5-3-2-4-16(17)24-25-26/h2-9,11-13,23H,10H2,1H3,(H,27,28). The van der Waals surface area contributed by atoms with Crippen molar-refractivity contribution in [3.05, 3.63) is 69.9 Å². The number of aromatic nitrogens is 3. The summed E-state index contributed by atoms with van der Waals surface area (Å²) in [6.45, 7) is 1.62. The number of esters is 1. The van der Waals surface area contributed by atoms with Crippen LogP contribution in [0.1, 0.15) is 27.0 Å². The lowest BCUT2D eigenvalue weighted by Crippen LogP contribution is -2.11. The Hall–Kier alpha value is -3.85. The highest BCUT2D eigenvalue weighted by atomic mass is 32.1. The van der Waals surface area contributed by atoms with E-state index >= 15 is 0 Å². The van der Waals surface area contributed by atoms with E-state index in [4.69, 9.17) is 15.3 Å². The van der Waals surface area contributed by atoms with Crippen LogP contribution in [0.2, 0.25) is 0 Å². The molecule has 1 unspecified atom stereocenters. The Labute approximate surface area is 181 Å². The monoisotopic (exact) mass is 434 g/mol. The summed E-state index contributed by atoms with van der Waals surface area (Å²) in [7, 11) is 0. The number of nitrogens with zero attached hydrogens (tertiary/aromatic N) is 3. The maximum absolute atomic E-state index is 12.8. The molecule has 2 aromatic carbocycles. The molecule has 0 aliphatic rings. The minimum atomic E-state index is -0.881. The third kappa shape index (κ3) is 4.22. The number of thiophene rings is 1. The molecular weight excluding hydrogens is 416 g/mol. The van der Waals surface area contributed by atoms with Gasteiger partial charge in [-0.3, -0.25) is 4.79 Å². The van der Waals surface area contributed by atoms with E-state index in [-0.39, 0.29) is 5.75 Å². The molecule has 0 aliphatic carbocycles. The Kier molecular flexibility index (Phi) is 5.59. The van der Waals surface area contributed by atoms with Crippen LogP contribution in [-0.2, 0) is 11.2 Å². The van der Waals surface area contributed by atoms with Crippen molar-refractivity contribution in [3.8, 4) is 11.4 Å². The molecular formula is C22H18N4O4S. The lowest BCUT2D eigenvalue weighted by molar-refractivity contribution is -0.141. The molecule has 0 saturated carbocycles. The molecule has 156 valence electrons. The van der Waals surface area contributed by atoms with Crippen LogP contribution in [0.4, 0.5) is 0 Å². The summed E-state index contributed by atoms with van der Waals surface area (Å²) in [6, 6.07) is 15.8. The number of ether oxygens (including phenoxy) is 1. The third-order valence-electron chi connectivity index (χ3n) is 4.72. The van der Waals surface area contributed by atoms with Gasteiger partial charge in [-0.15, -0.1) is 16.4 Å². The molecule has 8 nitrogen and oxygen atoms in total. The highest BCUT2D eigenvalue weighted by molar-refractivity contribution is 7.13. The Morgan fingerprint density at radius 3 is 2.81 bits per heavy atom. The van der Waals surface area contributed by atoms with Crippen molar-refractivity contribution in [1.29, 1.82) is 5.41 Å². The van der Waals surface area contributed by atoms with Crippen LogP contribution in [0.25, 0.3) is 16.7 Å². The van der Waals surface area contributed by atoms with Gasteiger partial charge in [-0.2, -0.15) is 0 Å². The second-order valence-corrected chi connectivity index (χ2v) is 8.13. The fraction of sp³-hybridized carbons (Fsp3) is 0.136. The maximum Gasteiger partial charge on any atom is 0.353 e. The third-order valence-corrected chi connectivity index (χ3v) is 5.81. The van der Waals surface area contributed by atoms with Crippen LogP contribution in [0.3, 0.4) is 0 Å². The SMILES string of the molecule is CC(Cc1ccc(C(=O)Oc2ccc(C=N)cc2-n2nnc3ccccc32)s1)C(=O)O. The topological polar surface area (TPSA) is 118 Å². The van der Waals surface area contributed by atoms with Crippen molar-refractivity contribution in [3.63, 3.8) is 0 Å². The molecule has 0 bridgehead atoms. The van der Waals surface area contributed by atoms with Gasteiger partial charge in [0.1, 0.15) is 16.1 Å². The Morgan fingerprint density at radius 2 is 2.03 bits per heavy atom. The van der Waals surface area contributed by atoms with E-state index in [2.05, 4.69) is 10.3 Å². The number of rotatable bonds is 7. The first kappa shape index (κ1) is 20.4. The van der Waals surface area contributed by atoms with Crippen molar-refractivity contribution in [1.82, 2.24) is 15.0 Å². The summed E-state index contributed by atoms with van der Waals surface area (Å²) < 4.78 is 7.23. The van der Waals surface area contributed by atoms with Gasteiger partial charge >= 0.3 is 11.9 Å². The second-order valence-electron chi connectivity index (χ2n) is 6.96. The van der Waals surface area contributed by atoms with Gasteiger partial charge in [0.15, 0.2) is 5.75 Å². The zero-order valence-corrected chi connectivity index (χ0v) is 17.3. The van der Waals surface area contributed by atoms with Crippen LogP contribution >= 0.6 is 11.3 Å². The minimum absolute atomic E-state index is 0.278. The lowest BCUT2D eigenvalue weighted by Gasteiger charge is -2.11. The van der Waals surface area contributed by atoms with Crippen LogP contribution < -0.4 is 4.74 Å². The molecule has 0 saturated heterocycles. The quantitative estimate of drug-likeness (QED) is 0.258. The first-order chi connectivity index (χ1) is 15.0. The minimum Gasteiger partial charge on any atom is -0.481 e. The molecule has 4 rings (SSSR count). The maximum atomic E-state index is 12.8. The van der Waals surface area contributed by atoms with Crippen molar-refractivity contribution in [2.75, 3.05) is 0 Å². The zero-order valence-electron chi connectivity index (χ0n) is 16.5. The summed E-state index contributed by atoms with van der Waals surface area (Å²) in [4.78, 5) is 25.0. The van der Waals surface area contributed by atoms with Crippen molar-refractivity contribution >= 4 is 40.5 Å². The van der Waals surface area contributed by atoms with Crippen molar-refractivity contribution in [2.24, 2.45) is 5.92 Å². The summed E-state index contributed by atoms with van der Waals surface area (Å²) in [5.74, 6) is -1.69. The van der Waals surface area contributed by atoms with E-state index in [0.717, 1.165) is 10.4 Å². The summed E-state index contributed by atoms with van der Waals surface area (Å²) in [5, 5.41) is 24.9. The van der Waals surface area contributed by atoms with Gasteiger partial charge in [-0.05, 0) is 54.4 Å². The number of carbonyl (C=O) groups is 2. The first-order valence-electron chi connectivity index (χ1n) is 9.45. The number of carboxylic acid groups (broad SMARTS) is 1. The molecule has 9 heteroatoms. The number of carboxylic acids is 1. The molecule has 0 aliphatic heterocycles. The average Bonchev–Trinajstić information content (AvgIpc) is 3.41. The normalized spacial score (nSPS) is 11.9. The van der Waals surface area contributed by atoms with Gasteiger partial charge in [0.2, 0.25) is 0 Å². The fourth-order valence-corrected chi connectivity index (χ4v) is 4.07. The van der Waals surface area contributed by atoms with Crippen molar-refractivity contribution in [2.45, 2.75) is 13.3 Å². The van der Waals surface area contributed by atoms with Gasteiger partial charge in [0.25, 0.3) is 0 Å². The molecule has 0 fully saturated rings. The van der Waals surface area contributed by atoms with Gasteiger partial charge in [-0.1, -0.05) is 24.3 Å². The second kappa shape index (κ2) is 8.49. The van der Waals surface area contributed by atoms with Crippen LogP contribution in [0, 0.1) is 11.3 Å². The number of aliphatic carboxylic acids is 1. The number of para-hydroxylation sites is 1. The number of fused-ring (bicyclic) bond motifs is 1. The van der Waals surface area contributed by atoms with Crippen LogP contribution in [-0.4, -0.2) is 38.3 Å². The van der Waals surface area contributed by atoms with Gasteiger partial charge in [0, 0.05) is 11.1 Å².